The van der Waals surface area contributed by atoms with Gasteiger partial charge in [-0.05, 0) is 13.0 Å². The summed E-state index contributed by atoms with van der Waals surface area (Å²) in [5, 5.41) is 7.63. The fourth-order valence-electron chi connectivity index (χ4n) is 1.22. The standard InChI is InChI=1S/C9H11N5/c1-6-7(3-4-11-9(6)10)8-5-12-14(2)13-8/h3-5H,1-2H3,(H2,10,11)/i2D3. The van der Waals surface area contributed by atoms with E-state index in [1.807, 2.05) is 0 Å². The van der Waals surface area contributed by atoms with Crippen molar-refractivity contribution in [1.82, 2.24) is 20.0 Å². The van der Waals surface area contributed by atoms with Crippen molar-refractivity contribution in [2.24, 2.45) is 6.98 Å². The van der Waals surface area contributed by atoms with Crippen LogP contribution < -0.4 is 5.73 Å². The molecule has 0 saturated heterocycles. The molecular weight excluding hydrogens is 178 g/mol. The highest BCUT2D eigenvalue weighted by Crippen LogP contribution is 2.22. The third kappa shape index (κ3) is 1.32. The van der Waals surface area contributed by atoms with Crippen LogP contribution in [0.2, 0.25) is 0 Å². The third-order valence-corrected chi connectivity index (χ3v) is 2.01. The van der Waals surface area contributed by atoms with Gasteiger partial charge in [-0.15, -0.1) is 0 Å². The summed E-state index contributed by atoms with van der Waals surface area (Å²) in [7, 11) is 0. The van der Waals surface area contributed by atoms with E-state index >= 15 is 0 Å². The van der Waals surface area contributed by atoms with Gasteiger partial charge in [0.1, 0.15) is 11.5 Å². The third-order valence-electron chi connectivity index (χ3n) is 2.01. The molecular formula is C9H11N5. The van der Waals surface area contributed by atoms with Crippen molar-refractivity contribution in [3.63, 3.8) is 0 Å². The molecule has 0 atom stereocenters. The van der Waals surface area contributed by atoms with E-state index in [9.17, 15) is 0 Å². The molecule has 0 aliphatic rings. The molecule has 0 aliphatic heterocycles. The molecule has 14 heavy (non-hydrogen) atoms. The van der Waals surface area contributed by atoms with Gasteiger partial charge in [-0.2, -0.15) is 15.0 Å². The van der Waals surface area contributed by atoms with Crippen molar-refractivity contribution in [2.45, 2.75) is 6.92 Å². The monoisotopic (exact) mass is 192 g/mol. The van der Waals surface area contributed by atoms with Crippen LogP contribution in [-0.4, -0.2) is 20.0 Å². The Bertz CT molecular complexity index is 546. The van der Waals surface area contributed by atoms with Crippen LogP contribution in [0.25, 0.3) is 11.3 Å². The van der Waals surface area contributed by atoms with Crippen molar-refractivity contribution in [3.8, 4) is 11.3 Å². The Morgan fingerprint density at radius 1 is 1.57 bits per heavy atom. The summed E-state index contributed by atoms with van der Waals surface area (Å²) in [5.74, 6) is 0.394. The van der Waals surface area contributed by atoms with Crippen LogP contribution in [0, 0.1) is 6.92 Å². The fourth-order valence-corrected chi connectivity index (χ4v) is 1.22. The quantitative estimate of drug-likeness (QED) is 0.724. The van der Waals surface area contributed by atoms with Gasteiger partial charge in [0.25, 0.3) is 0 Å². The van der Waals surface area contributed by atoms with Gasteiger partial charge in [-0.3, -0.25) is 0 Å². The van der Waals surface area contributed by atoms with Crippen LogP contribution in [-0.2, 0) is 6.98 Å². The summed E-state index contributed by atoms with van der Waals surface area (Å²) < 4.78 is 21.5. The van der Waals surface area contributed by atoms with E-state index in [1.54, 1.807) is 19.2 Å². The minimum atomic E-state index is -2.37. The number of anilines is 1. The lowest BCUT2D eigenvalue weighted by Gasteiger charge is -2.03. The number of rotatable bonds is 1. The highest BCUT2D eigenvalue weighted by atomic mass is 15.4. The molecule has 0 aliphatic carbocycles. The Hall–Kier alpha value is -1.91. The summed E-state index contributed by atoms with van der Waals surface area (Å²) in [4.78, 5) is 4.64. The Morgan fingerprint density at radius 3 is 3.14 bits per heavy atom. The van der Waals surface area contributed by atoms with E-state index in [0.29, 0.717) is 16.3 Å². The van der Waals surface area contributed by atoms with Gasteiger partial charge in [-0.25, -0.2) is 4.98 Å². The van der Waals surface area contributed by atoms with Crippen molar-refractivity contribution >= 4 is 5.82 Å². The van der Waals surface area contributed by atoms with Crippen molar-refractivity contribution < 1.29 is 4.11 Å². The first-order valence-corrected chi connectivity index (χ1v) is 4.04. The summed E-state index contributed by atoms with van der Waals surface area (Å²) in [5.41, 5.74) is 7.62. The van der Waals surface area contributed by atoms with Gasteiger partial charge < -0.3 is 5.73 Å². The van der Waals surface area contributed by atoms with Crippen molar-refractivity contribution in [2.75, 3.05) is 5.73 Å². The normalized spacial score (nSPS) is 14.5. The predicted octanol–water partition coefficient (Wildman–Crippen LogP) is 0.768. The van der Waals surface area contributed by atoms with E-state index in [1.165, 1.54) is 6.20 Å². The largest absolute Gasteiger partial charge is 0.383 e. The van der Waals surface area contributed by atoms with Crippen LogP contribution in [0.1, 0.15) is 9.68 Å². The Labute approximate surface area is 85.8 Å². The Balaban J connectivity index is 2.48. The lowest BCUT2D eigenvalue weighted by Crippen LogP contribution is -1.96. The topological polar surface area (TPSA) is 69.6 Å². The SMILES string of the molecule is [2H]C([2H])([2H])n1ncc(-c2ccnc(N)c2C)n1. The van der Waals surface area contributed by atoms with Crippen LogP contribution in [0.5, 0.6) is 0 Å². The highest BCUT2D eigenvalue weighted by Gasteiger charge is 2.07. The second-order valence-corrected chi connectivity index (χ2v) is 2.89. The average Bonchev–Trinajstić information content (AvgIpc) is 2.70. The summed E-state index contributed by atoms with van der Waals surface area (Å²) in [6.45, 7) is -0.573. The summed E-state index contributed by atoms with van der Waals surface area (Å²) in [6, 6.07) is 1.72. The number of hydrogen-bond acceptors (Lipinski definition) is 4. The van der Waals surface area contributed by atoms with Gasteiger partial charge in [0.15, 0.2) is 0 Å². The molecule has 72 valence electrons. The molecule has 0 bridgehead atoms. The van der Waals surface area contributed by atoms with Crippen molar-refractivity contribution in [1.29, 1.82) is 0 Å². The van der Waals surface area contributed by atoms with Crippen LogP contribution in [0.3, 0.4) is 0 Å². The van der Waals surface area contributed by atoms with Crippen LogP contribution in [0.15, 0.2) is 18.5 Å². The number of nitrogens with zero attached hydrogens (tertiary/aromatic N) is 4. The predicted molar refractivity (Wildman–Crippen MR) is 53.4 cm³/mol. The molecule has 0 amide bonds. The summed E-state index contributed by atoms with van der Waals surface area (Å²) in [6.07, 6.45) is 2.94. The lowest BCUT2D eigenvalue weighted by atomic mass is 10.1. The summed E-state index contributed by atoms with van der Waals surface area (Å²) >= 11 is 0. The zero-order valence-corrected chi connectivity index (χ0v) is 7.60. The molecule has 2 aromatic rings. The van der Waals surface area contributed by atoms with Crippen LogP contribution >= 0.6 is 0 Å². The molecule has 2 heterocycles. The fraction of sp³-hybridized carbons (Fsp3) is 0.222. The van der Waals surface area contributed by atoms with Crippen LogP contribution in [0.4, 0.5) is 5.82 Å². The second-order valence-electron chi connectivity index (χ2n) is 2.89. The first-order valence-electron chi connectivity index (χ1n) is 5.54. The maximum atomic E-state index is 7.18. The van der Waals surface area contributed by atoms with E-state index in [-0.39, 0.29) is 0 Å². The molecule has 0 spiro atoms. The molecule has 5 heteroatoms. The molecule has 2 aromatic heterocycles. The number of aromatic nitrogens is 4. The number of aryl methyl sites for hydroxylation is 1. The molecule has 0 fully saturated rings. The first-order chi connectivity index (χ1) is 7.89. The maximum Gasteiger partial charge on any atom is 0.126 e. The van der Waals surface area contributed by atoms with Gasteiger partial charge in [-0.1, -0.05) is 0 Å². The minimum Gasteiger partial charge on any atom is -0.383 e. The molecule has 0 radical (unpaired) electrons. The maximum absolute atomic E-state index is 7.18. The van der Waals surface area contributed by atoms with E-state index in [0.717, 1.165) is 11.1 Å². The molecule has 2 rings (SSSR count). The van der Waals surface area contributed by atoms with Gasteiger partial charge in [0.2, 0.25) is 0 Å². The smallest absolute Gasteiger partial charge is 0.126 e. The lowest BCUT2D eigenvalue weighted by molar-refractivity contribution is 0.655. The Morgan fingerprint density at radius 2 is 2.43 bits per heavy atom. The first kappa shape index (κ1) is 5.74. The number of nitrogens with two attached hydrogens (primary N) is 1. The number of hydrogen-bond donors (Lipinski definition) is 1. The molecule has 2 N–H and O–H groups in total. The zero-order chi connectivity index (χ0) is 12.6. The number of pyridine rings is 1. The van der Waals surface area contributed by atoms with E-state index in [2.05, 4.69) is 15.2 Å². The van der Waals surface area contributed by atoms with E-state index in [4.69, 9.17) is 9.85 Å². The second kappa shape index (κ2) is 3.10. The Kier molecular flexibility index (Phi) is 1.27. The zero-order valence-electron chi connectivity index (χ0n) is 10.6. The average molecular weight is 192 g/mol. The minimum absolute atomic E-state index is 0.394. The molecule has 0 aromatic carbocycles. The number of nitrogen functional groups attached to an aromatic ring is 1. The molecule has 0 saturated carbocycles. The molecule has 0 unspecified atom stereocenters. The van der Waals surface area contributed by atoms with Gasteiger partial charge in [0.05, 0.1) is 6.20 Å². The van der Waals surface area contributed by atoms with E-state index < -0.39 is 6.98 Å². The van der Waals surface area contributed by atoms with Gasteiger partial charge >= 0.3 is 0 Å². The van der Waals surface area contributed by atoms with Crippen molar-refractivity contribution in [3.05, 3.63) is 24.0 Å². The highest BCUT2D eigenvalue weighted by molar-refractivity contribution is 5.66. The van der Waals surface area contributed by atoms with Gasteiger partial charge in [0, 0.05) is 28.4 Å². The molecule has 5 nitrogen and oxygen atoms in total.